The Bertz CT molecular complexity index is 506. The van der Waals surface area contributed by atoms with Gasteiger partial charge in [-0.25, -0.2) is 9.78 Å². The molecule has 0 bridgehead atoms. The molecule has 2 atom stereocenters. The summed E-state index contributed by atoms with van der Waals surface area (Å²) in [5.41, 5.74) is 0.700. The van der Waals surface area contributed by atoms with Gasteiger partial charge in [0, 0.05) is 25.8 Å². The molecule has 1 aliphatic heterocycles. The molecule has 1 aromatic heterocycles. The van der Waals surface area contributed by atoms with Gasteiger partial charge in [-0.2, -0.15) is 0 Å². The molecule has 120 valence electrons. The molecular weight excluding hydrogens is 282 g/mol. The number of methoxy groups -OCH3 is 1. The molecule has 0 spiro atoms. The Morgan fingerprint density at radius 3 is 3.05 bits per heavy atom. The smallest absolute Gasteiger partial charge is 0.322 e. The molecule has 1 N–H and O–H groups in total. The van der Waals surface area contributed by atoms with Gasteiger partial charge >= 0.3 is 6.03 Å². The lowest BCUT2D eigenvalue weighted by Crippen LogP contribution is -2.39. The molecular formula is C16H23N3O3. The average molecular weight is 305 g/mol. The molecule has 2 amide bonds. The van der Waals surface area contributed by atoms with Crippen molar-refractivity contribution in [3.8, 4) is 5.88 Å². The lowest BCUT2D eigenvalue weighted by molar-refractivity contribution is 0.144. The number of hydrogen-bond donors (Lipinski definition) is 1. The summed E-state index contributed by atoms with van der Waals surface area (Å²) in [5.74, 6) is 1.24. The summed E-state index contributed by atoms with van der Waals surface area (Å²) in [4.78, 5) is 18.6. The van der Waals surface area contributed by atoms with Gasteiger partial charge in [0.1, 0.15) is 6.61 Å². The third kappa shape index (κ3) is 3.32. The normalized spacial score (nSPS) is 23.4. The standard InChI is InChI=1S/C16H23N3O3/c1-21-9-10-22-15-6-5-13(11-17-15)18-16(20)19-8-7-12-3-2-4-14(12)19/h5-6,11-12,14H,2-4,7-10H2,1H3,(H,18,20)/t12-,14-/m0/s1. The highest BCUT2D eigenvalue weighted by Crippen LogP contribution is 2.37. The maximum Gasteiger partial charge on any atom is 0.322 e. The summed E-state index contributed by atoms with van der Waals surface area (Å²) in [5, 5.41) is 2.94. The molecule has 0 radical (unpaired) electrons. The first-order valence-electron chi connectivity index (χ1n) is 7.93. The molecule has 3 rings (SSSR count). The number of nitrogens with one attached hydrogen (secondary N) is 1. The van der Waals surface area contributed by atoms with Gasteiger partial charge in [-0.05, 0) is 31.2 Å². The predicted octanol–water partition coefficient (Wildman–Crippen LogP) is 2.51. The molecule has 0 unspecified atom stereocenters. The molecule has 6 nitrogen and oxygen atoms in total. The second-order valence-electron chi connectivity index (χ2n) is 5.90. The molecule has 2 aliphatic rings. The number of amides is 2. The first kappa shape index (κ1) is 15.1. The van der Waals surface area contributed by atoms with E-state index in [1.807, 2.05) is 11.0 Å². The van der Waals surface area contributed by atoms with Gasteiger partial charge in [-0.1, -0.05) is 6.42 Å². The number of aromatic nitrogens is 1. The number of ether oxygens (including phenoxy) is 2. The van der Waals surface area contributed by atoms with Gasteiger partial charge in [-0.15, -0.1) is 0 Å². The van der Waals surface area contributed by atoms with E-state index in [1.165, 1.54) is 12.8 Å². The minimum atomic E-state index is -0.00995. The number of urea groups is 1. The van der Waals surface area contributed by atoms with Crippen molar-refractivity contribution in [1.29, 1.82) is 0 Å². The Labute approximate surface area is 130 Å². The summed E-state index contributed by atoms with van der Waals surface area (Å²) >= 11 is 0. The van der Waals surface area contributed by atoms with E-state index in [4.69, 9.17) is 9.47 Å². The summed E-state index contributed by atoms with van der Waals surface area (Å²) in [6, 6.07) is 4.00. The lowest BCUT2D eigenvalue weighted by atomic mass is 10.1. The molecule has 1 saturated carbocycles. The van der Waals surface area contributed by atoms with E-state index in [1.54, 1.807) is 19.4 Å². The molecule has 1 aliphatic carbocycles. The van der Waals surface area contributed by atoms with Gasteiger partial charge in [0.05, 0.1) is 18.5 Å². The van der Waals surface area contributed by atoms with E-state index in [2.05, 4.69) is 10.3 Å². The van der Waals surface area contributed by atoms with Gasteiger partial charge in [0.25, 0.3) is 0 Å². The predicted molar refractivity (Wildman–Crippen MR) is 83.1 cm³/mol. The van der Waals surface area contributed by atoms with E-state index in [0.29, 0.717) is 36.7 Å². The fraction of sp³-hybridized carbons (Fsp3) is 0.625. The average Bonchev–Trinajstić information content (AvgIpc) is 3.12. The number of rotatable bonds is 5. The minimum absolute atomic E-state index is 0.00995. The van der Waals surface area contributed by atoms with Gasteiger partial charge in [-0.3, -0.25) is 0 Å². The fourth-order valence-corrected chi connectivity index (χ4v) is 3.45. The summed E-state index contributed by atoms with van der Waals surface area (Å²) in [7, 11) is 1.63. The Balaban J connectivity index is 1.53. The first-order valence-corrected chi connectivity index (χ1v) is 7.93. The Morgan fingerprint density at radius 1 is 1.36 bits per heavy atom. The van der Waals surface area contributed by atoms with Crippen LogP contribution in [0, 0.1) is 5.92 Å². The SMILES string of the molecule is COCCOc1ccc(NC(=O)N2CC[C@@H]3CCC[C@@H]32)cn1. The van der Waals surface area contributed by atoms with Crippen molar-refractivity contribution < 1.29 is 14.3 Å². The second kappa shape index (κ2) is 6.96. The third-order valence-electron chi connectivity index (χ3n) is 4.55. The van der Waals surface area contributed by atoms with Crippen molar-refractivity contribution in [2.24, 2.45) is 5.92 Å². The van der Waals surface area contributed by atoms with Gasteiger partial charge in [0.2, 0.25) is 5.88 Å². The Morgan fingerprint density at radius 2 is 2.27 bits per heavy atom. The number of nitrogens with zero attached hydrogens (tertiary/aromatic N) is 2. The molecule has 6 heteroatoms. The number of pyridine rings is 1. The van der Waals surface area contributed by atoms with Crippen LogP contribution in [0.2, 0.25) is 0 Å². The summed E-state index contributed by atoms with van der Waals surface area (Å²) in [6.45, 7) is 1.86. The summed E-state index contributed by atoms with van der Waals surface area (Å²) < 4.78 is 10.3. The van der Waals surface area contributed by atoms with Crippen LogP contribution >= 0.6 is 0 Å². The van der Waals surface area contributed by atoms with Crippen molar-refractivity contribution in [1.82, 2.24) is 9.88 Å². The summed E-state index contributed by atoms with van der Waals surface area (Å²) in [6.07, 6.45) is 6.42. The van der Waals surface area contributed by atoms with Crippen LogP contribution in [0.1, 0.15) is 25.7 Å². The highest BCUT2D eigenvalue weighted by molar-refractivity contribution is 5.89. The van der Waals surface area contributed by atoms with Gasteiger partial charge in [0.15, 0.2) is 0 Å². The van der Waals surface area contributed by atoms with E-state index in [9.17, 15) is 4.79 Å². The largest absolute Gasteiger partial charge is 0.475 e. The molecule has 2 fully saturated rings. The monoisotopic (exact) mass is 305 g/mol. The molecule has 1 aromatic rings. The maximum absolute atomic E-state index is 12.4. The number of fused-ring (bicyclic) bond motifs is 1. The van der Waals surface area contributed by atoms with Crippen LogP contribution in [0.15, 0.2) is 18.3 Å². The Kier molecular flexibility index (Phi) is 4.77. The zero-order valence-electron chi connectivity index (χ0n) is 13.0. The zero-order valence-corrected chi connectivity index (χ0v) is 13.0. The number of likely N-dealkylation sites (tertiary alicyclic amines) is 1. The van der Waals surface area contributed by atoms with Crippen molar-refractivity contribution in [2.75, 3.05) is 32.2 Å². The fourth-order valence-electron chi connectivity index (χ4n) is 3.45. The Hall–Kier alpha value is -1.82. The van der Waals surface area contributed by atoms with E-state index in [0.717, 1.165) is 19.4 Å². The van der Waals surface area contributed by atoms with Crippen LogP contribution in [0.4, 0.5) is 10.5 Å². The molecule has 1 saturated heterocycles. The zero-order chi connectivity index (χ0) is 15.4. The molecule has 0 aromatic carbocycles. The van der Waals surface area contributed by atoms with E-state index < -0.39 is 0 Å². The van der Waals surface area contributed by atoms with Crippen LogP contribution in [0.25, 0.3) is 0 Å². The van der Waals surface area contributed by atoms with Crippen LogP contribution in [0.5, 0.6) is 5.88 Å². The van der Waals surface area contributed by atoms with Crippen LogP contribution in [-0.4, -0.2) is 48.8 Å². The quantitative estimate of drug-likeness (QED) is 0.849. The topological polar surface area (TPSA) is 63.7 Å². The van der Waals surface area contributed by atoms with Crippen molar-refractivity contribution in [3.05, 3.63) is 18.3 Å². The molecule has 2 heterocycles. The second-order valence-corrected chi connectivity index (χ2v) is 5.90. The minimum Gasteiger partial charge on any atom is -0.475 e. The van der Waals surface area contributed by atoms with Crippen LogP contribution < -0.4 is 10.1 Å². The van der Waals surface area contributed by atoms with E-state index >= 15 is 0 Å². The number of carbonyl (C=O) groups excluding carboxylic acids is 1. The molecule has 22 heavy (non-hydrogen) atoms. The highest BCUT2D eigenvalue weighted by atomic mass is 16.5. The third-order valence-corrected chi connectivity index (χ3v) is 4.55. The van der Waals surface area contributed by atoms with Crippen molar-refractivity contribution in [3.63, 3.8) is 0 Å². The maximum atomic E-state index is 12.4. The van der Waals surface area contributed by atoms with E-state index in [-0.39, 0.29) is 6.03 Å². The first-order chi connectivity index (χ1) is 10.8. The van der Waals surface area contributed by atoms with Crippen LogP contribution in [0.3, 0.4) is 0 Å². The van der Waals surface area contributed by atoms with Crippen molar-refractivity contribution in [2.45, 2.75) is 31.7 Å². The highest BCUT2D eigenvalue weighted by Gasteiger charge is 2.39. The number of anilines is 1. The lowest BCUT2D eigenvalue weighted by Gasteiger charge is -2.24. The van der Waals surface area contributed by atoms with Crippen molar-refractivity contribution >= 4 is 11.7 Å². The van der Waals surface area contributed by atoms with Crippen LogP contribution in [-0.2, 0) is 4.74 Å². The van der Waals surface area contributed by atoms with Gasteiger partial charge < -0.3 is 19.7 Å². The number of hydrogen-bond acceptors (Lipinski definition) is 4. The number of carbonyl (C=O) groups is 1.